The van der Waals surface area contributed by atoms with Crippen LogP contribution in [0.3, 0.4) is 0 Å². The minimum Gasteiger partial charge on any atom is -0.508 e. The molecule has 2 N–H and O–H groups in total. The fourth-order valence-electron chi connectivity index (χ4n) is 2.63. The number of methoxy groups -OCH3 is 1. The van der Waals surface area contributed by atoms with Crippen LogP contribution in [0.2, 0.25) is 5.02 Å². The van der Waals surface area contributed by atoms with Crippen molar-refractivity contribution in [1.29, 1.82) is 0 Å². The average molecular weight is 475 g/mol. The highest BCUT2D eigenvalue weighted by Crippen LogP contribution is 2.27. The van der Waals surface area contributed by atoms with Crippen molar-refractivity contribution in [1.82, 2.24) is 0 Å². The number of nitrogens with one attached hydrogen (secondary N) is 1. The van der Waals surface area contributed by atoms with Gasteiger partial charge in [-0.05, 0) is 68.3 Å². The Morgan fingerprint density at radius 2 is 1.88 bits per heavy atom. The summed E-state index contributed by atoms with van der Waals surface area (Å²) in [4.78, 5) is 5.73. The largest absolute Gasteiger partial charge is 0.508 e. The van der Waals surface area contributed by atoms with Gasteiger partial charge in [-0.25, -0.2) is 4.39 Å². The molecule has 0 aliphatic rings. The highest BCUT2D eigenvalue weighted by Gasteiger charge is 2.09. The lowest BCUT2D eigenvalue weighted by molar-refractivity contribution is 0.215. The maximum atomic E-state index is 13.5. The van der Waals surface area contributed by atoms with Crippen molar-refractivity contribution >= 4 is 34.2 Å². The highest BCUT2D eigenvalue weighted by atomic mass is 35.5. The van der Waals surface area contributed by atoms with Crippen LogP contribution in [0.4, 0.5) is 10.1 Å². The number of amidine groups is 1. The van der Waals surface area contributed by atoms with Crippen LogP contribution in [-0.4, -0.2) is 24.0 Å². The number of aromatic hydroxyl groups is 1. The molecule has 0 spiro atoms. The molecule has 3 rings (SSSR count). The van der Waals surface area contributed by atoms with Crippen LogP contribution in [0.5, 0.6) is 5.75 Å². The summed E-state index contributed by atoms with van der Waals surface area (Å²) < 4.78 is 18.0. The van der Waals surface area contributed by atoms with E-state index >= 15 is 0 Å². The minimum absolute atomic E-state index is 0.0499. The van der Waals surface area contributed by atoms with Gasteiger partial charge in [-0.15, -0.1) is 0 Å². The van der Waals surface area contributed by atoms with E-state index in [2.05, 4.69) is 47.1 Å². The van der Waals surface area contributed by atoms with Gasteiger partial charge in [0.05, 0.1) is 11.6 Å². The lowest BCUT2D eigenvalue weighted by Crippen LogP contribution is -2.09. The molecule has 0 fully saturated rings. The Labute approximate surface area is 198 Å². The van der Waals surface area contributed by atoms with Gasteiger partial charge in [-0.3, -0.25) is 4.99 Å². The molecule has 0 unspecified atom stereocenters. The van der Waals surface area contributed by atoms with Crippen LogP contribution < -0.4 is 5.32 Å². The molecule has 3 aromatic rings. The van der Waals surface area contributed by atoms with Gasteiger partial charge in [0.2, 0.25) is 0 Å². The molecule has 7 heteroatoms. The first kappa shape index (κ1) is 25.7. The molecule has 32 heavy (non-hydrogen) atoms. The molecule has 3 aromatic carbocycles. The topological polar surface area (TPSA) is 53.9 Å². The van der Waals surface area contributed by atoms with Gasteiger partial charge in [0, 0.05) is 24.3 Å². The van der Waals surface area contributed by atoms with Crippen LogP contribution in [0.25, 0.3) is 0 Å². The first-order valence-electron chi connectivity index (χ1n) is 10.1. The third-order valence-electron chi connectivity index (χ3n) is 4.31. The van der Waals surface area contributed by atoms with Crippen LogP contribution in [0.1, 0.15) is 23.6 Å². The lowest BCUT2D eigenvalue weighted by Gasteiger charge is -2.12. The van der Waals surface area contributed by atoms with Gasteiger partial charge in [-0.2, -0.15) is 0 Å². The normalized spacial score (nSPS) is 11.0. The van der Waals surface area contributed by atoms with Gasteiger partial charge in [-0.1, -0.05) is 53.2 Å². The number of halogens is 2. The van der Waals surface area contributed by atoms with Crippen molar-refractivity contribution in [3.05, 3.63) is 88.2 Å². The Bertz CT molecular complexity index is 1060. The number of benzene rings is 3. The Morgan fingerprint density at radius 1 is 1.12 bits per heavy atom. The predicted octanol–water partition coefficient (Wildman–Crippen LogP) is 7.21. The van der Waals surface area contributed by atoms with Crippen LogP contribution >= 0.6 is 23.4 Å². The van der Waals surface area contributed by atoms with Crippen molar-refractivity contribution in [3.63, 3.8) is 0 Å². The molecule has 170 valence electrons. The minimum atomic E-state index is -0.465. The van der Waals surface area contributed by atoms with Crippen LogP contribution in [-0.2, 0) is 11.3 Å². The second-order valence-corrected chi connectivity index (χ2v) is 8.43. The average Bonchev–Trinajstić information content (AvgIpc) is 2.76. The molecule has 0 atom stereocenters. The third kappa shape index (κ3) is 8.54. The fourth-order valence-corrected chi connectivity index (χ4v) is 3.67. The number of ether oxygens (including phenoxy) is 1. The van der Waals surface area contributed by atoms with Gasteiger partial charge in [0.25, 0.3) is 0 Å². The molecule has 0 saturated heterocycles. The molecule has 0 aromatic heterocycles. The Hall–Kier alpha value is -2.54. The second kappa shape index (κ2) is 13.1. The summed E-state index contributed by atoms with van der Waals surface area (Å²) in [7, 11) is 1.68. The summed E-state index contributed by atoms with van der Waals surface area (Å²) in [5, 5.41) is 13.6. The zero-order chi connectivity index (χ0) is 23.5. The number of anilines is 1. The first-order chi connectivity index (χ1) is 15.3. The molecule has 4 nitrogen and oxygen atoms in total. The van der Waals surface area contributed by atoms with E-state index in [0.717, 1.165) is 22.6 Å². The maximum absolute atomic E-state index is 13.5. The number of thioether (sulfide) groups is 1. The Morgan fingerprint density at radius 3 is 2.50 bits per heavy atom. The number of rotatable bonds is 5. The van der Waals surface area contributed by atoms with Crippen molar-refractivity contribution in [2.24, 2.45) is 4.99 Å². The summed E-state index contributed by atoms with van der Waals surface area (Å²) in [6.07, 6.45) is 0. The number of aryl methyl sites for hydroxylation is 2. The Balaban J connectivity index is 0.000000837. The Kier molecular flexibility index (Phi) is 10.5. The lowest BCUT2D eigenvalue weighted by atomic mass is 10.2. The summed E-state index contributed by atoms with van der Waals surface area (Å²) in [6, 6.07) is 17.7. The second-order valence-electron chi connectivity index (χ2n) is 6.99. The van der Waals surface area contributed by atoms with Crippen LogP contribution in [0.15, 0.2) is 70.6 Å². The molecule has 0 amide bonds. The van der Waals surface area contributed by atoms with Crippen LogP contribution in [0, 0.1) is 19.7 Å². The van der Waals surface area contributed by atoms with E-state index in [9.17, 15) is 9.50 Å². The van der Waals surface area contributed by atoms with Crippen molar-refractivity contribution in [3.8, 4) is 5.75 Å². The summed E-state index contributed by atoms with van der Waals surface area (Å²) >= 11 is 7.39. The van der Waals surface area contributed by atoms with Gasteiger partial charge in [0.15, 0.2) is 5.17 Å². The van der Waals surface area contributed by atoms with Gasteiger partial charge < -0.3 is 15.2 Å². The van der Waals surface area contributed by atoms with E-state index in [0.29, 0.717) is 17.4 Å². The smallest absolute Gasteiger partial charge is 0.166 e. The van der Waals surface area contributed by atoms with E-state index in [1.807, 2.05) is 13.0 Å². The highest BCUT2D eigenvalue weighted by molar-refractivity contribution is 8.14. The van der Waals surface area contributed by atoms with E-state index in [1.54, 1.807) is 31.4 Å². The molecule has 0 heterocycles. The molecule has 0 radical (unpaired) electrons. The zero-order valence-electron chi connectivity index (χ0n) is 18.7. The fraction of sp³-hybridized carbons (Fsp3) is 0.240. The zero-order valence-corrected chi connectivity index (χ0v) is 20.2. The summed E-state index contributed by atoms with van der Waals surface area (Å²) in [6.45, 7) is 7.28. The summed E-state index contributed by atoms with van der Waals surface area (Å²) in [5.41, 5.74) is 3.88. The first-order valence-corrected chi connectivity index (χ1v) is 11.3. The maximum Gasteiger partial charge on any atom is 0.166 e. The number of phenols is 1. The number of hydrogen-bond donors (Lipinski definition) is 2. The van der Waals surface area contributed by atoms with E-state index < -0.39 is 5.82 Å². The van der Waals surface area contributed by atoms with Gasteiger partial charge in [0.1, 0.15) is 11.6 Å². The number of phenolic OH excluding ortho intramolecular Hbond substituents is 1. The monoisotopic (exact) mass is 474 g/mol. The van der Waals surface area contributed by atoms with Crippen molar-refractivity contribution in [2.75, 3.05) is 19.0 Å². The molecular weight excluding hydrogens is 447 g/mol. The predicted molar refractivity (Wildman–Crippen MR) is 134 cm³/mol. The number of nitrogens with zero attached hydrogens (tertiary/aromatic N) is 1. The molecule has 0 bridgehead atoms. The van der Waals surface area contributed by atoms with Gasteiger partial charge >= 0.3 is 0 Å². The number of aliphatic imine (C=N–C) groups is 1. The standard InChI is InChI=1S/C22H20ClFN2OS.C3H8O/c1-14-6-9-21(15(2)10-14)28-22(25-13-16-4-3-5-18(27)11-16)26-17-7-8-20(24)19(23)12-17;1-3-4-2/h3-12,27H,13H2,1-2H3,(H,25,26);3H2,1-2H3. The molecule has 0 aliphatic carbocycles. The quantitative estimate of drug-likeness (QED) is 0.233. The SMILES string of the molecule is CCOC.Cc1ccc(SC(=NCc2cccc(O)c2)Nc2ccc(F)c(Cl)c2)c(C)c1. The van der Waals surface area contributed by atoms with E-state index in [-0.39, 0.29) is 10.8 Å². The molecular formula is C25H28ClFN2O2S. The molecule has 0 aliphatic heterocycles. The van der Waals surface area contributed by atoms with Crippen molar-refractivity contribution < 1.29 is 14.2 Å². The third-order valence-corrected chi connectivity index (χ3v) is 5.70. The molecule has 0 saturated carbocycles. The number of hydrogen-bond acceptors (Lipinski definition) is 4. The summed E-state index contributed by atoms with van der Waals surface area (Å²) in [5.74, 6) is -0.262. The van der Waals surface area contributed by atoms with E-state index in [4.69, 9.17) is 11.6 Å². The van der Waals surface area contributed by atoms with Crippen molar-refractivity contribution in [2.45, 2.75) is 32.2 Å². The van der Waals surface area contributed by atoms with E-state index in [1.165, 1.54) is 29.5 Å².